The Balaban J connectivity index is 2.79. The van der Waals surface area contributed by atoms with Crippen LogP contribution in [0.2, 0.25) is 0 Å². The number of nitrogens with zero attached hydrogens (tertiary/aromatic N) is 1. The first-order valence-electron chi connectivity index (χ1n) is 5.24. The molecular formula is C11H18N2O2S. The lowest BCUT2D eigenvalue weighted by Crippen LogP contribution is -2.28. The van der Waals surface area contributed by atoms with Crippen molar-refractivity contribution in [3.05, 3.63) is 29.8 Å². The molecule has 0 amide bonds. The molecule has 0 aliphatic heterocycles. The van der Waals surface area contributed by atoms with Gasteiger partial charge in [-0.25, -0.2) is 12.7 Å². The summed E-state index contributed by atoms with van der Waals surface area (Å²) in [7, 11) is -1.57. The summed E-state index contributed by atoms with van der Waals surface area (Å²) in [6.45, 7) is 2.18. The maximum absolute atomic E-state index is 11.7. The predicted octanol–water partition coefficient (Wildman–Crippen LogP) is 1.44. The molecule has 2 N–H and O–H groups in total. The van der Waals surface area contributed by atoms with Gasteiger partial charge < -0.3 is 5.73 Å². The van der Waals surface area contributed by atoms with Gasteiger partial charge in [0.1, 0.15) is 0 Å². The standard InChI is InChI=1S/C11H18N2O2S/c1-3-8-16(14,15)13(2)9-10-6-4-5-7-11(10)12/h4-7H,3,8-9,12H2,1-2H3. The Morgan fingerprint density at radius 3 is 2.50 bits per heavy atom. The molecule has 0 aromatic heterocycles. The molecule has 90 valence electrons. The fraction of sp³-hybridized carbons (Fsp3) is 0.455. The number of rotatable bonds is 5. The number of sulfonamides is 1. The van der Waals surface area contributed by atoms with Gasteiger partial charge in [-0.15, -0.1) is 0 Å². The Morgan fingerprint density at radius 2 is 1.94 bits per heavy atom. The predicted molar refractivity (Wildman–Crippen MR) is 66.4 cm³/mol. The molecular weight excluding hydrogens is 224 g/mol. The molecule has 1 aromatic rings. The second-order valence-corrected chi connectivity index (χ2v) is 5.97. The van der Waals surface area contributed by atoms with E-state index in [4.69, 9.17) is 5.73 Å². The summed E-state index contributed by atoms with van der Waals surface area (Å²) < 4.78 is 24.8. The van der Waals surface area contributed by atoms with Crippen molar-refractivity contribution in [1.29, 1.82) is 0 Å². The van der Waals surface area contributed by atoms with Gasteiger partial charge in [0, 0.05) is 19.3 Å². The Bertz CT molecular complexity index is 443. The maximum atomic E-state index is 11.7. The zero-order valence-electron chi connectivity index (χ0n) is 9.68. The van der Waals surface area contributed by atoms with Crippen molar-refractivity contribution in [2.24, 2.45) is 0 Å². The van der Waals surface area contributed by atoms with Crippen molar-refractivity contribution < 1.29 is 8.42 Å². The SMILES string of the molecule is CCCS(=O)(=O)N(C)Cc1ccccc1N. The van der Waals surface area contributed by atoms with Gasteiger partial charge in [-0.1, -0.05) is 25.1 Å². The van der Waals surface area contributed by atoms with E-state index in [9.17, 15) is 8.42 Å². The monoisotopic (exact) mass is 242 g/mol. The van der Waals surface area contributed by atoms with Crippen molar-refractivity contribution in [3.63, 3.8) is 0 Å². The highest BCUT2D eigenvalue weighted by Crippen LogP contribution is 2.14. The minimum absolute atomic E-state index is 0.177. The van der Waals surface area contributed by atoms with Gasteiger partial charge in [-0.05, 0) is 18.1 Å². The summed E-state index contributed by atoms with van der Waals surface area (Å²) >= 11 is 0. The quantitative estimate of drug-likeness (QED) is 0.795. The molecule has 16 heavy (non-hydrogen) atoms. The van der Waals surface area contributed by atoms with Crippen molar-refractivity contribution in [1.82, 2.24) is 4.31 Å². The van der Waals surface area contributed by atoms with E-state index in [-0.39, 0.29) is 5.75 Å². The van der Waals surface area contributed by atoms with Crippen LogP contribution in [0.5, 0.6) is 0 Å². The summed E-state index contributed by atoms with van der Waals surface area (Å²) in [6, 6.07) is 7.30. The number of anilines is 1. The number of nitrogen functional groups attached to an aromatic ring is 1. The molecule has 0 spiro atoms. The fourth-order valence-electron chi connectivity index (χ4n) is 1.43. The van der Waals surface area contributed by atoms with Crippen molar-refractivity contribution >= 4 is 15.7 Å². The van der Waals surface area contributed by atoms with Gasteiger partial charge in [0.2, 0.25) is 10.0 Å². The first-order valence-corrected chi connectivity index (χ1v) is 6.85. The van der Waals surface area contributed by atoms with Crippen molar-refractivity contribution in [2.45, 2.75) is 19.9 Å². The summed E-state index contributed by atoms with van der Waals surface area (Å²) in [5.74, 6) is 0.177. The van der Waals surface area contributed by atoms with Crippen molar-refractivity contribution in [3.8, 4) is 0 Å². The van der Waals surface area contributed by atoms with Crippen LogP contribution < -0.4 is 5.73 Å². The molecule has 5 heteroatoms. The zero-order chi connectivity index (χ0) is 12.2. The van der Waals surface area contributed by atoms with Crippen LogP contribution in [0.25, 0.3) is 0 Å². The van der Waals surface area contributed by atoms with Crippen LogP contribution >= 0.6 is 0 Å². The Labute approximate surface area is 97.1 Å². The molecule has 0 aliphatic carbocycles. The van der Waals surface area contributed by atoms with E-state index in [2.05, 4.69) is 0 Å². The van der Waals surface area contributed by atoms with Gasteiger partial charge in [0.25, 0.3) is 0 Å². The molecule has 1 aromatic carbocycles. The third kappa shape index (κ3) is 3.21. The minimum atomic E-state index is -3.15. The lowest BCUT2D eigenvalue weighted by atomic mass is 10.2. The summed E-state index contributed by atoms with van der Waals surface area (Å²) in [5, 5.41) is 0. The van der Waals surface area contributed by atoms with Gasteiger partial charge in [0.05, 0.1) is 5.75 Å². The van der Waals surface area contributed by atoms with E-state index >= 15 is 0 Å². The number of para-hydroxylation sites is 1. The Hall–Kier alpha value is -1.07. The van der Waals surface area contributed by atoms with Gasteiger partial charge in [0.15, 0.2) is 0 Å². The van der Waals surface area contributed by atoms with E-state index in [1.807, 2.05) is 25.1 Å². The summed E-state index contributed by atoms with van der Waals surface area (Å²) in [5.41, 5.74) is 7.23. The van der Waals surface area contributed by atoms with Crippen LogP contribution in [0.4, 0.5) is 5.69 Å². The van der Waals surface area contributed by atoms with Gasteiger partial charge in [-0.2, -0.15) is 0 Å². The third-order valence-electron chi connectivity index (χ3n) is 2.39. The molecule has 0 saturated carbocycles. The molecule has 0 fully saturated rings. The second-order valence-electron chi connectivity index (χ2n) is 3.77. The zero-order valence-corrected chi connectivity index (χ0v) is 10.5. The number of benzene rings is 1. The lowest BCUT2D eigenvalue weighted by Gasteiger charge is -2.17. The van der Waals surface area contributed by atoms with Crippen LogP contribution in [-0.2, 0) is 16.6 Å². The molecule has 0 radical (unpaired) electrons. The maximum Gasteiger partial charge on any atom is 0.214 e. The minimum Gasteiger partial charge on any atom is -0.398 e. The average Bonchev–Trinajstić information content (AvgIpc) is 2.21. The van der Waals surface area contributed by atoms with E-state index in [1.165, 1.54) is 4.31 Å². The highest BCUT2D eigenvalue weighted by atomic mass is 32.2. The largest absolute Gasteiger partial charge is 0.398 e. The van der Waals surface area contributed by atoms with Crippen LogP contribution in [-0.4, -0.2) is 25.5 Å². The lowest BCUT2D eigenvalue weighted by molar-refractivity contribution is 0.466. The molecule has 4 nitrogen and oxygen atoms in total. The van der Waals surface area contributed by atoms with Gasteiger partial charge in [-0.3, -0.25) is 0 Å². The van der Waals surface area contributed by atoms with Crippen LogP contribution in [0, 0.1) is 0 Å². The van der Waals surface area contributed by atoms with Crippen LogP contribution in [0.15, 0.2) is 24.3 Å². The molecule has 0 aliphatic rings. The van der Waals surface area contributed by atoms with E-state index in [0.717, 1.165) is 5.56 Å². The topological polar surface area (TPSA) is 63.4 Å². The first-order chi connectivity index (χ1) is 7.47. The number of hydrogen-bond acceptors (Lipinski definition) is 3. The van der Waals surface area contributed by atoms with E-state index < -0.39 is 10.0 Å². The Morgan fingerprint density at radius 1 is 1.31 bits per heavy atom. The Kier molecular flexibility index (Phi) is 4.32. The summed E-state index contributed by atoms with van der Waals surface area (Å²) in [6.07, 6.45) is 0.622. The van der Waals surface area contributed by atoms with Crippen molar-refractivity contribution in [2.75, 3.05) is 18.5 Å². The molecule has 0 saturated heterocycles. The molecule has 0 atom stereocenters. The normalized spacial score (nSPS) is 11.9. The number of nitrogens with two attached hydrogens (primary N) is 1. The highest BCUT2D eigenvalue weighted by molar-refractivity contribution is 7.89. The molecule has 0 heterocycles. The first kappa shape index (κ1) is 13.0. The van der Waals surface area contributed by atoms with Gasteiger partial charge >= 0.3 is 0 Å². The number of hydrogen-bond donors (Lipinski definition) is 1. The van der Waals surface area contributed by atoms with Crippen LogP contribution in [0.3, 0.4) is 0 Å². The van der Waals surface area contributed by atoms with E-state index in [1.54, 1.807) is 13.1 Å². The average molecular weight is 242 g/mol. The smallest absolute Gasteiger partial charge is 0.214 e. The second kappa shape index (κ2) is 5.32. The molecule has 1 rings (SSSR count). The highest BCUT2D eigenvalue weighted by Gasteiger charge is 2.17. The third-order valence-corrected chi connectivity index (χ3v) is 4.39. The van der Waals surface area contributed by atoms with E-state index in [0.29, 0.717) is 18.7 Å². The molecule has 0 bridgehead atoms. The summed E-state index contributed by atoms with van der Waals surface area (Å²) in [4.78, 5) is 0. The fourth-order valence-corrected chi connectivity index (χ4v) is 2.59. The molecule has 0 unspecified atom stereocenters. The van der Waals surface area contributed by atoms with Crippen LogP contribution in [0.1, 0.15) is 18.9 Å².